The van der Waals surface area contributed by atoms with Gasteiger partial charge < -0.3 is 20.6 Å². The molecule has 1 fully saturated rings. The number of carboxylic acid groups (broad SMARTS) is 2. The quantitative estimate of drug-likeness (QED) is 0.640. The Kier molecular flexibility index (Phi) is 5.81. The highest BCUT2D eigenvalue weighted by Gasteiger charge is 2.18. The lowest BCUT2D eigenvalue weighted by Crippen LogP contribution is -2.34. The molecule has 2 rings (SSSR count). The van der Waals surface area contributed by atoms with E-state index in [2.05, 4.69) is 5.32 Å². The van der Waals surface area contributed by atoms with Crippen molar-refractivity contribution in [1.82, 2.24) is 5.32 Å². The van der Waals surface area contributed by atoms with E-state index in [1.807, 2.05) is 0 Å². The van der Waals surface area contributed by atoms with Crippen LogP contribution >= 0.6 is 0 Å². The second-order valence-corrected chi connectivity index (χ2v) is 4.23. The molecule has 0 saturated carbocycles. The van der Waals surface area contributed by atoms with E-state index in [0.717, 1.165) is 19.4 Å². The number of hydrogen-bond donors (Lipinski definition) is 4. The smallest absolute Gasteiger partial charge is 0.335 e. The molecule has 104 valence electrons. The fraction of sp³-hybridized carbons (Fsp3) is 0.385. The standard InChI is InChI=1S/C7H6O3.C6H11NO2/c8-6-3-1-5(2-4-6)7(9)10;8-6(9)5-2-1-3-7-4-5/h1-4,8H,(H,9,10);5,7H,1-4H2,(H,8,9). The number of rotatable bonds is 2. The normalized spacial score (nSPS) is 18.0. The van der Waals surface area contributed by atoms with Crippen molar-refractivity contribution in [2.45, 2.75) is 12.8 Å². The van der Waals surface area contributed by atoms with Crippen molar-refractivity contribution in [2.24, 2.45) is 5.92 Å². The Morgan fingerprint density at radius 3 is 2.16 bits per heavy atom. The van der Waals surface area contributed by atoms with E-state index in [-0.39, 0.29) is 17.2 Å². The third kappa shape index (κ3) is 5.39. The van der Waals surface area contributed by atoms with Gasteiger partial charge in [-0.2, -0.15) is 0 Å². The number of carboxylic acids is 2. The zero-order chi connectivity index (χ0) is 14.3. The third-order valence-electron chi connectivity index (χ3n) is 2.76. The summed E-state index contributed by atoms with van der Waals surface area (Å²) in [5, 5.41) is 28.7. The summed E-state index contributed by atoms with van der Waals surface area (Å²) in [6, 6.07) is 5.36. The minimum Gasteiger partial charge on any atom is -0.508 e. The zero-order valence-electron chi connectivity index (χ0n) is 10.4. The van der Waals surface area contributed by atoms with Crippen LogP contribution in [0.3, 0.4) is 0 Å². The Morgan fingerprint density at radius 2 is 1.79 bits per heavy atom. The topological polar surface area (TPSA) is 107 Å². The van der Waals surface area contributed by atoms with Crippen LogP contribution < -0.4 is 5.32 Å². The van der Waals surface area contributed by atoms with Gasteiger partial charge in [-0.05, 0) is 43.7 Å². The molecule has 4 N–H and O–H groups in total. The van der Waals surface area contributed by atoms with Gasteiger partial charge in [-0.15, -0.1) is 0 Å². The number of aromatic carboxylic acids is 1. The first-order valence-electron chi connectivity index (χ1n) is 5.96. The lowest BCUT2D eigenvalue weighted by atomic mass is 10.0. The molecular weight excluding hydrogens is 250 g/mol. The number of hydrogen-bond acceptors (Lipinski definition) is 4. The average molecular weight is 267 g/mol. The van der Waals surface area contributed by atoms with Crippen LogP contribution in [0.15, 0.2) is 24.3 Å². The molecule has 1 aromatic rings. The fourth-order valence-electron chi connectivity index (χ4n) is 1.67. The van der Waals surface area contributed by atoms with Crippen molar-refractivity contribution in [3.05, 3.63) is 29.8 Å². The molecule has 1 heterocycles. The number of phenolic OH excluding ortho intramolecular Hbond substituents is 1. The van der Waals surface area contributed by atoms with Crippen molar-refractivity contribution >= 4 is 11.9 Å². The Morgan fingerprint density at radius 1 is 1.16 bits per heavy atom. The van der Waals surface area contributed by atoms with Crippen LogP contribution in [-0.4, -0.2) is 40.3 Å². The lowest BCUT2D eigenvalue weighted by Gasteiger charge is -2.18. The summed E-state index contributed by atoms with van der Waals surface area (Å²) in [5.74, 6) is -1.72. The first kappa shape index (κ1) is 15.0. The predicted octanol–water partition coefficient (Wildman–Crippen LogP) is 1.16. The number of piperidine rings is 1. The van der Waals surface area contributed by atoms with Gasteiger partial charge in [0, 0.05) is 6.54 Å². The molecule has 1 aromatic carbocycles. The van der Waals surface area contributed by atoms with Gasteiger partial charge in [-0.25, -0.2) is 4.79 Å². The number of aromatic hydroxyl groups is 1. The van der Waals surface area contributed by atoms with Gasteiger partial charge >= 0.3 is 11.9 Å². The van der Waals surface area contributed by atoms with E-state index in [9.17, 15) is 9.59 Å². The minimum absolute atomic E-state index is 0.0741. The molecule has 1 saturated heterocycles. The monoisotopic (exact) mass is 267 g/mol. The van der Waals surface area contributed by atoms with Gasteiger partial charge in [0.05, 0.1) is 11.5 Å². The molecule has 19 heavy (non-hydrogen) atoms. The summed E-state index contributed by atoms with van der Waals surface area (Å²) < 4.78 is 0. The Labute approximate surface area is 110 Å². The van der Waals surface area contributed by atoms with E-state index in [4.69, 9.17) is 15.3 Å². The summed E-state index contributed by atoms with van der Waals surface area (Å²) in [4.78, 5) is 20.5. The fourth-order valence-corrected chi connectivity index (χ4v) is 1.67. The number of phenols is 1. The van der Waals surface area contributed by atoms with E-state index in [1.165, 1.54) is 24.3 Å². The van der Waals surface area contributed by atoms with Crippen LogP contribution in [0.1, 0.15) is 23.2 Å². The number of carbonyl (C=O) groups is 2. The number of benzene rings is 1. The van der Waals surface area contributed by atoms with Crippen LogP contribution in [0.25, 0.3) is 0 Å². The maximum Gasteiger partial charge on any atom is 0.335 e. The van der Waals surface area contributed by atoms with Crippen molar-refractivity contribution < 1.29 is 24.9 Å². The van der Waals surface area contributed by atoms with E-state index >= 15 is 0 Å². The predicted molar refractivity (Wildman–Crippen MR) is 68.3 cm³/mol. The number of aliphatic carboxylic acids is 1. The molecule has 0 aliphatic carbocycles. The molecule has 0 spiro atoms. The summed E-state index contributed by atoms with van der Waals surface area (Å²) in [6.07, 6.45) is 1.83. The van der Waals surface area contributed by atoms with Gasteiger partial charge in [-0.3, -0.25) is 4.79 Å². The molecular formula is C13H17NO5. The van der Waals surface area contributed by atoms with Crippen molar-refractivity contribution in [3.63, 3.8) is 0 Å². The zero-order valence-corrected chi connectivity index (χ0v) is 10.4. The van der Waals surface area contributed by atoms with Crippen LogP contribution in [0, 0.1) is 5.92 Å². The van der Waals surface area contributed by atoms with E-state index < -0.39 is 11.9 Å². The summed E-state index contributed by atoms with van der Waals surface area (Å²) in [6.45, 7) is 1.62. The number of nitrogens with one attached hydrogen (secondary N) is 1. The molecule has 1 unspecified atom stereocenters. The van der Waals surface area contributed by atoms with Crippen LogP contribution in [-0.2, 0) is 4.79 Å². The largest absolute Gasteiger partial charge is 0.508 e. The van der Waals surface area contributed by atoms with Gasteiger partial charge in [0.1, 0.15) is 5.75 Å². The molecule has 1 aliphatic rings. The average Bonchev–Trinajstić information content (AvgIpc) is 2.41. The summed E-state index contributed by atoms with van der Waals surface area (Å²) in [5.41, 5.74) is 0.179. The second-order valence-electron chi connectivity index (χ2n) is 4.23. The Balaban J connectivity index is 0.000000191. The maximum absolute atomic E-state index is 10.3. The lowest BCUT2D eigenvalue weighted by molar-refractivity contribution is -0.142. The van der Waals surface area contributed by atoms with Gasteiger partial charge in [0.2, 0.25) is 0 Å². The maximum atomic E-state index is 10.3. The van der Waals surface area contributed by atoms with E-state index in [1.54, 1.807) is 0 Å². The molecule has 0 bridgehead atoms. The van der Waals surface area contributed by atoms with Gasteiger partial charge in [0.25, 0.3) is 0 Å². The van der Waals surface area contributed by atoms with Crippen LogP contribution in [0.2, 0.25) is 0 Å². The first-order chi connectivity index (χ1) is 9.00. The molecule has 1 aliphatic heterocycles. The van der Waals surface area contributed by atoms with Crippen molar-refractivity contribution in [3.8, 4) is 5.75 Å². The molecule has 1 atom stereocenters. The third-order valence-corrected chi connectivity index (χ3v) is 2.76. The highest BCUT2D eigenvalue weighted by molar-refractivity contribution is 5.87. The molecule has 0 aromatic heterocycles. The second kappa shape index (κ2) is 7.38. The van der Waals surface area contributed by atoms with Gasteiger partial charge in [0.15, 0.2) is 0 Å². The SMILES string of the molecule is O=C(O)C1CCCNC1.O=C(O)c1ccc(O)cc1. The van der Waals surface area contributed by atoms with Crippen molar-refractivity contribution in [2.75, 3.05) is 13.1 Å². The highest BCUT2D eigenvalue weighted by atomic mass is 16.4. The van der Waals surface area contributed by atoms with Crippen molar-refractivity contribution in [1.29, 1.82) is 0 Å². The summed E-state index contributed by atoms with van der Waals surface area (Å²) >= 11 is 0. The highest BCUT2D eigenvalue weighted by Crippen LogP contribution is 2.09. The molecule has 6 heteroatoms. The Hall–Kier alpha value is -2.08. The van der Waals surface area contributed by atoms with Crippen LogP contribution in [0.4, 0.5) is 0 Å². The Bertz CT molecular complexity index is 423. The van der Waals surface area contributed by atoms with Crippen LogP contribution in [0.5, 0.6) is 5.75 Å². The first-order valence-corrected chi connectivity index (χ1v) is 5.96. The van der Waals surface area contributed by atoms with E-state index in [0.29, 0.717) is 6.54 Å². The summed E-state index contributed by atoms with van der Waals surface area (Å²) in [7, 11) is 0. The molecule has 0 radical (unpaired) electrons. The molecule has 0 amide bonds. The van der Waals surface area contributed by atoms with Gasteiger partial charge in [-0.1, -0.05) is 0 Å². The molecule has 6 nitrogen and oxygen atoms in total. The minimum atomic E-state index is -0.986.